The molecule has 2 aromatic rings. The molecular formula is C16H19N3. The summed E-state index contributed by atoms with van der Waals surface area (Å²) in [5, 5.41) is 3.16. The molecule has 1 saturated carbocycles. The molecule has 19 heavy (non-hydrogen) atoms. The summed E-state index contributed by atoms with van der Waals surface area (Å²) < 4.78 is 0. The van der Waals surface area contributed by atoms with E-state index >= 15 is 0 Å². The van der Waals surface area contributed by atoms with Crippen LogP contribution in [0.1, 0.15) is 36.6 Å². The van der Waals surface area contributed by atoms with Crippen LogP contribution in [0.2, 0.25) is 0 Å². The van der Waals surface area contributed by atoms with Gasteiger partial charge in [0.2, 0.25) is 0 Å². The zero-order valence-electron chi connectivity index (χ0n) is 11.5. The lowest BCUT2D eigenvalue weighted by molar-refractivity contribution is 0.410. The Morgan fingerprint density at radius 1 is 1.16 bits per heavy atom. The fraction of sp³-hybridized carbons (Fsp3) is 0.375. The zero-order valence-corrected chi connectivity index (χ0v) is 11.5. The Kier molecular flexibility index (Phi) is 3.20. The SMILES string of the molecule is CNc1cccc(-c2nc(C)cc(C3CCC3)n2)c1. The largest absolute Gasteiger partial charge is 0.388 e. The first-order valence-electron chi connectivity index (χ1n) is 6.90. The van der Waals surface area contributed by atoms with Crippen LogP contribution < -0.4 is 5.32 Å². The number of hydrogen-bond acceptors (Lipinski definition) is 3. The van der Waals surface area contributed by atoms with Crippen molar-refractivity contribution in [3.8, 4) is 11.4 Å². The smallest absolute Gasteiger partial charge is 0.159 e. The minimum absolute atomic E-state index is 0.646. The molecule has 1 aromatic heterocycles. The summed E-state index contributed by atoms with van der Waals surface area (Å²) in [5.74, 6) is 1.49. The quantitative estimate of drug-likeness (QED) is 0.905. The molecule has 1 fully saturated rings. The van der Waals surface area contributed by atoms with Crippen molar-refractivity contribution >= 4 is 5.69 Å². The number of nitrogens with one attached hydrogen (secondary N) is 1. The zero-order chi connectivity index (χ0) is 13.2. The van der Waals surface area contributed by atoms with E-state index in [2.05, 4.69) is 35.4 Å². The van der Waals surface area contributed by atoms with Crippen molar-refractivity contribution in [2.24, 2.45) is 0 Å². The highest BCUT2D eigenvalue weighted by Gasteiger charge is 2.21. The third kappa shape index (κ3) is 2.46. The lowest BCUT2D eigenvalue weighted by Gasteiger charge is -2.25. The van der Waals surface area contributed by atoms with Gasteiger partial charge in [-0.1, -0.05) is 18.6 Å². The predicted molar refractivity (Wildman–Crippen MR) is 78.3 cm³/mol. The van der Waals surface area contributed by atoms with Gasteiger partial charge in [-0.15, -0.1) is 0 Å². The van der Waals surface area contributed by atoms with Gasteiger partial charge in [0, 0.05) is 35.6 Å². The number of hydrogen-bond donors (Lipinski definition) is 1. The average molecular weight is 253 g/mol. The Balaban J connectivity index is 2.00. The van der Waals surface area contributed by atoms with Gasteiger partial charge in [0.05, 0.1) is 0 Å². The molecule has 3 rings (SSSR count). The highest BCUT2D eigenvalue weighted by atomic mass is 14.9. The number of anilines is 1. The molecule has 98 valence electrons. The summed E-state index contributed by atoms with van der Waals surface area (Å²) in [5.41, 5.74) is 4.44. The van der Waals surface area contributed by atoms with Crippen molar-refractivity contribution in [2.75, 3.05) is 12.4 Å². The van der Waals surface area contributed by atoms with Crippen LogP contribution in [0.5, 0.6) is 0 Å². The molecule has 1 N–H and O–H groups in total. The van der Waals surface area contributed by atoms with Crippen molar-refractivity contribution in [1.82, 2.24) is 9.97 Å². The van der Waals surface area contributed by atoms with Crippen LogP contribution in [-0.4, -0.2) is 17.0 Å². The van der Waals surface area contributed by atoms with Gasteiger partial charge in [-0.05, 0) is 38.0 Å². The lowest BCUT2D eigenvalue weighted by atomic mass is 9.82. The third-order valence-corrected chi connectivity index (χ3v) is 3.81. The van der Waals surface area contributed by atoms with Crippen molar-refractivity contribution < 1.29 is 0 Å². The summed E-state index contributed by atoms with van der Waals surface area (Å²) >= 11 is 0. The predicted octanol–water partition coefficient (Wildman–Crippen LogP) is 3.76. The van der Waals surface area contributed by atoms with E-state index in [0.717, 1.165) is 22.8 Å². The van der Waals surface area contributed by atoms with E-state index in [9.17, 15) is 0 Å². The molecule has 0 amide bonds. The minimum Gasteiger partial charge on any atom is -0.388 e. The fourth-order valence-corrected chi connectivity index (χ4v) is 2.45. The first-order valence-corrected chi connectivity index (χ1v) is 6.90. The standard InChI is InChI=1S/C16H19N3/c1-11-9-15(12-5-3-6-12)19-16(18-11)13-7-4-8-14(10-13)17-2/h4,7-10,12,17H,3,5-6H2,1-2H3. The molecule has 0 saturated heterocycles. The van der Waals surface area contributed by atoms with Crippen molar-refractivity contribution in [2.45, 2.75) is 32.1 Å². The van der Waals surface area contributed by atoms with Crippen molar-refractivity contribution in [3.63, 3.8) is 0 Å². The Hall–Kier alpha value is -1.90. The maximum absolute atomic E-state index is 4.76. The van der Waals surface area contributed by atoms with Crippen LogP contribution in [0.25, 0.3) is 11.4 Å². The van der Waals surface area contributed by atoms with E-state index in [4.69, 9.17) is 4.98 Å². The van der Waals surface area contributed by atoms with Gasteiger partial charge in [0.25, 0.3) is 0 Å². The summed E-state index contributed by atoms with van der Waals surface area (Å²) in [6, 6.07) is 10.4. The Bertz CT molecular complexity index is 588. The van der Waals surface area contributed by atoms with Gasteiger partial charge in [0.15, 0.2) is 5.82 Å². The highest BCUT2D eigenvalue weighted by Crippen LogP contribution is 2.36. The molecule has 0 unspecified atom stereocenters. The molecule has 1 aliphatic rings. The molecule has 3 nitrogen and oxygen atoms in total. The summed E-state index contributed by atoms with van der Waals surface area (Å²) in [6.07, 6.45) is 3.87. The summed E-state index contributed by atoms with van der Waals surface area (Å²) in [7, 11) is 1.93. The first kappa shape index (κ1) is 12.2. The first-order chi connectivity index (χ1) is 9.26. The number of aromatic nitrogens is 2. The van der Waals surface area contributed by atoms with Crippen molar-refractivity contribution in [3.05, 3.63) is 41.7 Å². The van der Waals surface area contributed by atoms with Gasteiger partial charge < -0.3 is 5.32 Å². The number of rotatable bonds is 3. The van der Waals surface area contributed by atoms with Gasteiger partial charge in [-0.3, -0.25) is 0 Å². The molecule has 0 bridgehead atoms. The molecule has 1 aromatic carbocycles. The second-order valence-electron chi connectivity index (χ2n) is 5.22. The number of aryl methyl sites for hydroxylation is 1. The monoisotopic (exact) mass is 253 g/mol. The molecule has 1 aliphatic carbocycles. The van der Waals surface area contributed by atoms with Crippen LogP contribution >= 0.6 is 0 Å². The molecule has 1 heterocycles. The van der Waals surface area contributed by atoms with Crippen LogP contribution in [0, 0.1) is 6.92 Å². The maximum Gasteiger partial charge on any atom is 0.159 e. The Labute approximate surface area is 114 Å². The number of nitrogens with zero attached hydrogens (tertiary/aromatic N) is 2. The van der Waals surface area contributed by atoms with E-state index in [-0.39, 0.29) is 0 Å². The Morgan fingerprint density at radius 2 is 2.00 bits per heavy atom. The lowest BCUT2D eigenvalue weighted by Crippen LogP contribution is -2.12. The average Bonchev–Trinajstić information content (AvgIpc) is 2.36. The van der Waals surface area contributed by atoms with E-state index in [0.29, 0.717) is 5.92 Å². The fourth-order valence-electron chi connectivity index (χ4n) is 2.45. The normalized spacial score (nSPS) is 15.1. The highest BCUT2D eigenvalue weighted by molar-refractivity contribution is 5.62. The van der Waals surface area contributed by atoms with Gasteiger partial charge in [0.1, 0.15) is 0 Å². The number of benzene rings is 1. The van der Waals surface area contributed by atoms with E-state index in [1.165, 1.54) is 25.0 Å². The van der Waals surface area contributed by atoms with Crippen LogP contribution in [0.15, 0.2) is 30.3 Å². The topological polar surface area (TPSA) is 37.8 Å². The second kappa shape index (κ2) is 5.00. The van der Waals surface area contributed by atoms with Gasteiger partial charge in [-0.2, -0.15) is 0 Å². The minimum atomic E-state index is 0.646. The molecule has 3 heteroatoms. The third-order valence-electron chi connectivity index (χ3n) is 3.81. The Morgan fingerprint density at radius 3 is 2.68 bits per heavy atom. The van der Waals surface area contributed by atoms with E-state index < -0.39 is 0 Å². The molecular weight excluding hydrogens is 234 g/mol. The van der Waals surface area contributed by atoms with Gasteiger partial charge >= 0.3 is 0 Å². The second-order valence-corrected chi connectivity index (χ2v) is 5.22. The van der Waals surface area contributed by atoms with Crippen LogP contribution in [0.4, 0.5) is 5.69 Å². The van der Waals surface area contributed by atoms with E-state index in [1.54, 1.807) is 0 Å². The van der Waals surface area contributed by atoms with E-state index in [1.807, 2.05) is 19.2 Å². The van der Waals surface area contributed by atoms with Crippen LogP contribution in [0.3, 0.4) is 0 Å². The maximum atomic E-state index is 4.76. The molecule has 0 aliphatic heterocycles. The summed E-state index contributed by atoms with van der Waals surface area (Å²) in [6.45, 7) is 2.05. The molecule has 0 spiro atoms. The molecule has 0 radical (unpaired) electrons. The van der Waals surface area contributed by atoms with Crippen LogP contribution in [-0.2, 0) is 0 Å². The summed E-state index contributed by atoms with van der Waals surface area (Å²) in [4.78, 5) is 9.34. The van der Waals surface area contributed by atoms with Gasteiger partial charge in [-0.25, -0.2) is 9.97 Å². The molecule has 0 atom stereocenters. The van der Waals surface area contributed by atoms with Crippen molar-refractivity contribution in [1.29, 1.82) is 0 Å².